The minimum atomic E-state index is 0.0381. The third-order valence-electron chi connectivity index (χ3n) is 5.59. The molecule has 0 bridgehead atoms. The van der Waals surface area contributed by atoms with Gasteiger partial charge in [-0.15, -0.1) is 0 Å². The van der Waals surface area contributed by atoms with Gasteiger partial charge in [-0.2, -0.15) is 5.10 Å². The molecule has 0 aliphatic heterocycles. The van der Waals surface area contributed by atoms with Gasteiger partial charge in [0.05, 0.1) is 23.6 Å². The predicted octanol–water partition coefficient (Wildman–Crippen LogP) is 5.30. The summed E-state index contributed by atoms with van der Waals surface area (Å²) >= 11 is 0. The van der Waals surface area contributed by atoms with Crippen LogP contribution in [0, 0.1) is 20.8 Å². The first-order chi connectivity index (χ1) is 14.5. The van der Waals surface area contributed by atoms with Crippen molar-refractivity contribution in [1.29, 1.82) is 0 Å². The minimum Gasteiger partial charge on any atom is -0.361 e. The third kappa shape index (κ3) is 4.30. The summed E-state index contributed by atoms with van der Waals surface area (Å²) in [6, 6.07) is 16.7. The molecule has 0 radical (unpaired) electrons. The van der Waals surface area contributed by atoms with E-state index in [-0.39, 0.29) is 5.91 Å². The lowest BCUT2D eigenvalue weighted by atomic mass is 10.1. The number of carbonyl (C=O) groups excluding carboxylic acids is 1. The summed E-state index contributed by atoms with van der Waals surface area (Å²) in [7, 11) is 0. The summed E-state index contributed by atoms with van der Waals surface area (Å²) in [5.41, 5.74) is 7.51. The Kier molecular flexibility index (Phi) is 5.70. The number of amides is 1. The van der Waals surface area contributed by atoms with Gasteiger partial charge in [-0.25, -0.2) is 0 Å². The van der Waals surface area contributed by atoms with Crippen molar-refractivity contribution in [2.75, 3.05) is 5.32 Å². The van der Waals surface area contributed by atoms with Crippen molar-refractivity contribution < 1.29 is 4.79 Å². The Hall–Kier alpha value is -3.34. The number of benzene rings is 2. The third-order valence-corrected chi connectivity index (χ3v) is 5.59. The number of aryl methyl sites for hydroxylation is 3. The highest BCUT2D eigenvalue weighted by atomic mass is 16.1. The van der Waals surface area contributed by atoms with Crippen LogP contribution in [0.2, 0.25) is 0 Å². The fourth-order valence-electron chi connectivity index (χ4n) is 3.99. The molecular formula is C25H28N4O. The molecule has 5 nitrogen and oxygen atoms in total. The lowest BCUT2D eigenvalue weighted by molar-refractivity contribution is -0.116. The highest BCUT2D eigenvalue weighted by Gasteiger charge is 2.14. The molecule has 0 atom stereocenters. The molecule has 1 amide bonds. The zero-order valence-electron chi connectivity index (χ0n) is 17.8. The van der Waals surface area contributed by atoms with Crippen molar-refractivity contribution in [2.24, 2.45) is 0 Å². The summed E-state index contributed by atoms with van der Waals surface area (Å²) in [5, 5.41) is 8.96. The average molecular weight is 401 g/mol. The number of nitrogens with zero attached hydrogens (tertiary/aromatic N) is 2. The molecule has 0 fully saturated rings. The number of para-hydroxylation sites is 1. The maximum absolute atomic E-state index is 12.6. The molecule has 5 heteroatoms. The van der Waals surface area contributed by atoms with Gasteiger partial charge >= 0.3 is 0 Å². The second-order valence-electron chi connectivity index (χ2n) is 7.95. The molecule has 4 aromatic rings. The van der Waals surface area contributed by atoms with Crippen LogP contribution in [0.25, 0.3) is 10.9 Å². The van der Waals surface area contributed by atoms with E-state index in [2.05, 4.69) is 58.7 Å². The number of aromatic nitrogens is 3. The topological polar surface area (TPSA) is 62.7 Å². The van der Waals surface area contributed by atoms with Gasteiger partial charge in [0.2, 0.25) is 5.91 Å². The molecule has 2 heterocycles. The van der Waals surface area contributed by atoms with Crippen molar-refractivity contribution in [2.45, 2.75) is 46.6 Å². The van der Waals surface area contributed by atoms with E-state index >= 15 is 0 Å². The number of hydrogen-bond donors (Lipinski definition) is 2. The van der Waals surface area contributed by atoms with E-state index in [0.717, 1.165) is 35.4 Å². The van der Waals surface area contributed by atoms with Gasteiger partial charge in [0.15, 0.2) is 0 Å². The second kappa shape index (κ2) is 8.57. The Labute approximate surface area is 177 Å². The van der Waals surface area contributed by atoms with E-state index < -0.39 is 0 Å². The number of hydrogen-bond acceptors (Lipinski definition) is 2. The average Bonchev–Trinajstić information content (AvgIpc) is 3.24. The molecule has 2 aromatic heterocycles. The van der Waals surface area contributed by atoms with Crippen molar-refractivity contribution in [3.8, 4) is 0 Å². The normalized spacial score (nSPS) is 11.2. The van der Waals surface area contributed by atoms with Gasteiger partial charge in [0.25, 0.3) is 0 Å². The first kappa shape index (κ1) is 20.0. The zero-order valence-corrected chi connectivity index (χ0v) is 17.8. The number of H-pyrrole nitrogens is 1. The van der Waals surface area contributed by atoms with Crippen molar-refractivity contribution >= 4 is 22.5 Å². The number of carbonyl (C=O) groups is 1. The molecule has 0 spiro atoms. The van der Waals surface area contributed by atoms with E-state index in [0.29, 0.717) is 13.0 Å². The lowest BCUT2D eigenvalue weighted by Crippen LogP contribution is -2.13. The molecule has 0 aliphatic carbocycles. The number of rotatable bonds is 7. The van der Waals surface area contributed by atoms with Crippen molar-refractivity contribution in [3.63, 3.8) is 0 Å². The maximum atomic E-state index is 12.6. The molecular weight excluding hydrogens is 372 g/mol. The van der Waals surface area contributed by atoms with Gasteiger partial charge in [0, 0.05) is 23.5 Å². The predicted molar refractivity (Wildman–Crippen MR) is 122 cm³/mol. The second-order valence-corrected chi connectivity index (χ2v) is 7.95. The highest BCUT2D eigenvalue weighted by molar-refractivity contribution is 5.92. The highest BCUT2D eigenvalue weighted by Crippen LogP contribution is 2.22. The van der Waals surface area contributed by atoms with E-state index in [1.807, 2.05) is 36.9 Å². The maximum Gasteiger partial charge on any atom is 0.224 e. The zero-order chi connectivity index (χ0) is 21.1. The van der Waals surface area contributed by atoms with E-state index in [4.69, 9.17) is 0 Å². The van der Waals surface area contributed by atoms with Crippen LogP contribution in [0.15, 0.2) is 54.7 Å². The Bertz CT molecular complexity index is 1190. The molecule has 0 unspecified atom stereocenters. The molecule has 0 saturated heterocycles. The molecule has 4 rings (SSSR count). The minimum absolute atomic E-state index is 0.0381. The summed E-state index contributed by atoms with van der Waals surface area (Å²) in [6.07, 6.45) is 4.22. The van der Waals surface area contributed by atoms with Crippen molar-refractivity contribution in [1.82, 2.24) is 14.8 Å². The Morgan fingerprint density at radius 3 is 2.77 bits per heavy atom. The van der Waals surface area contributed by atoms with Crippen LogP contribution < -0.4 is 5.32 Å². The first-order valence-corrected chi connectivity index (χ1v) is 10.5. The summed E-state index contributed by atoms with van der Waals surface area (Å²) < 4.78 is 1.96. The quantitative estimate of drug-likeness (QED) is 0.442. The number of aromatic amines is 1. The van der Waals surface area contributed by atoms with Crippen molar-refractivity contribution in [3.05, 3.63) is 82.8 Å². The van der Waals surface area contributed by atoms with Crippen LogP contribution in [-0.2, 0) is 17.8 Å². The van der Waals surface area contributed by atoms with Gasteiger partial charge in [-0.3, -0.25) is 9.48 Å². The number of fused-ring (bicyclic) bond motifs is 1. The smallest absolute Gasteiger partial charge is 0.224 e. The van der Waals surface area contributed by atoms with Gasteiger partial charge in [-0.05, 0) is 50.8 Å². The fourth-order valence-corrected chi connectivity index (χ4v) is 3.99. The molecule has 154 valence electrons. The SMILES string of the molecule is Cc1cccc(Cn2nc(C)c(NC(=O)CCCc3c[nH]c4ccccc34)c2C)c1. The summed E-state index contributed by atoms with van der Waals surface area (Å²) in [5.74, 6) is 0.0381. The number of nitrogens with one attached hydrogen (secondary N) is 2. The van der Waals surface area contributed by atoms with Crippen LogP contribution in [0.3, 0.4) is 0 Å². The molecule has 30 heavy (non-hydrogen) atoms. The van der Waals surface area contributed by atoms with Crippen LogP contribution >= 0.6 is 0 Å². The lowest BCUT2D eigenvalue weighted by Gasteiger charge is -2.08. The Morgan fingerprint density at radius 1 is 1.10 bits per heavy atom. The largest absolute Gasteiger partial charge is 0.361 e. The van der Waals surface area contributed by atoms with E-state index in [1.54, 1.807) is 0 Å². The van der Waals surface area contributed by atoms with Gasteiger partial charge in [0.1, 0.15) is 0 Å². The fraction of sp³-hybridized carbons (Fsp3) is 0.280. The summed E-state index contributed by atoms with van der Waals surface area (Å²) in [6.45, 7) is 6.75. The Morgan fingerprint density at radius 2 is 1.93 bits per heavy atom. The summed E-state index contributed by atoms with van der Waals surface area (Å²) in [4.78, 5) is 15.9. The first-order valence-electron chi connectivity index (χ1n) is 10.5. The van der Waals surface area contributed by atoms with Crippen LogP contribution in [0.4, 0.5) is 5.69 Å². The molecule has 2 N–H and O–H groups in total. The molecule has 0 aliphatic rings. The van der Waals surface area contributed by atoms with Crippen LogP contribution in [-0.4, -0.2) is 20.7 Å². The van der Waals surface area contributed by atoms with E-state index in [9.17, 15) is 4.79 Å². The molecule has 0 saturated carbocycles. The van der Waals surface area contributed by atoms with Gasteiger partial charge < -0.3 is 10.3 Å². The monoisotopic (exact) mass is 400 g/mol. The van der Waals surface area contributed by atoms with Gasteiger partial charge in [-0.1, -0.05) is 48.0 Å². The number of anilines is 1. The standard InChI is InChI=1S/C25H28N4O/c1-17-8-6-9-20(14-17)16-29-19(3)25(18(2)28-29)27-24(30)13-7-10-21-15-26-23-12-5-4-11-22(21)23/h4-6,8-9,11-12,14-15,26H,7,10,13,16H2,1-3H3,(H,27,30). The van der Waals surface area contributed by atoms with Crippen LogP contribution in [0.5, 0.6) is 0 Å². The Balaban J connectivity index is 1.36. The molecule has 2 aromatic carbocycles. The van der Waals surface area contributed by atoms with E-state index in [1.165, 1.54) is 22.1 Å². The van der Waals surface area contributed by atoms with Crippen LogP contribution in [0.1, 0.15) is 40.9 Å².